The summed E-state index contributed by atoms with van der Waals surface area (Å²) in [5.41, 5.74) is 3.13. The van der Waals surface area contributed by atoms with Crippen LogP contribution in [0, 0.1) is 10.8 Å². The molecule has 2 aromatic carbocycles. The minimum atomic E-state index is -1.01. The molecule has 1 N–H and O–H groups in total. The van der Waals surface area contributed by atoms with E-state index in [1.165, 1.54) is 0 Å². The van der Waals surface area contributed by atoms with Gasteiger partial charge in [0.1, 0.15) is 18.9 Å². The first-order valence-corrected chi connectivity index (χ1v) is 14.7. The monoisotopic (exact) mass is 615 g/mol. The Labute approximate surface area is 254 Å². The molecule has 0 saturated carbocycles. The molecule has 0 saturated heterocycles. The van der Waals surface area contributed by atoms with E-state index in [1.807, 2.05) is 33.8 Å². The number of carbonyl (C=O) groups excluding carboxylic acids is 2. The Balaban J connectivity index is 1.60. The van der Waals surface area contributed by atoms with Crippen molar-refractivity contribution in [2.45, 2.75) is 65.9 Å². The summed E-state index contributed by atoms with van der Waals surface area (Å²) in [6, 6.07) is 10.5. The van der Waals surface area contributed by atoms with Crippen molar-refractivity contribution in [1.82, 2.24) is 4.90 Å². The predicted octanol–water partition coefficient (Wildman–Crippen LogP) is 8.00. The van der Waals surface area contributed by atoms with Crippen LogP contribution in [-0.2, 0) is 21.0 Å². The largest absolute Gasteiger partial charge is 0.487 e. The molecule has 3 aliphatic rings. The number of carboxylic acids is 1. The summed E-state index contributed by atoms with van der Waals surface area (Å²) in [4.78, 5) is 41.3. The predicted molar refractivity (Wildman–Crippen MR) is 159 cm³/mol. The third-order valence-corrected chi connectivity index (χ3v) is 8.89. The molecule has 2 aromatic rings. The lowest BCUT2D eigenvalue weighted by molar-refractivity contribution is -0.138. The molecule has 0 unspecified atom stereocenters. The Morgan fingerprint density at radius 1 is 0.878 bits per heavy atom. The van der Waals surface area contributed by atoms with Crippen LogP contribution in [0.1, 0.15) is 70.4 Å². The molecule has 9 heteroatoms. The van der Waals surface area contributed by atoms with Crippen molar-refractivity contribution in [2.75, 3.05) is 6.54 Å². The van der Waals surface area contributed by atoms with Crippen molar-refractivity contribution in [1.29, 1.82) is 0 Å². The highest BCUT2D eigenvalue weighted by molar-refractivity contribution is 6.35. The van der Waals surface area contributed by atoms with Gasteiger partial charge in [0.2, 0.25) is 0 Å². The van der Waals surface area contributed by atoms with Crippen LogP contribution in [0.4, 0.5) is 0 Å². The van der Waals surface area contributed by atoms with Gasteiger partial charge in [0.05, 0.1) is 5.02 Å². The number of ether oxygens (including phenoxy) is 1. The maximum absolute atomic E-state index is 13.8. The van der Waals surface area contributed by atoms with E-state index >= 15 is 0 Å². The molecule has 1 heterocycles. The zero-order chi connectivity index (χ0) is 29.9. The average molecular weight is 617 g/mol. The lowest BCUT2D eigenvalue weighted by atomic mass is 9.63. The number of carboxylic acid groups (broad SMARTS) is 1. The first kappa shape index (κ1) is 29.7. The number of nitrogens with zero attached hydrogens (tertiary/aromatic N) is 1. The lowest BCUT2D eigenvalue weighted by Gasteiger charge is -2.48. The van der Waals surface area contributed by atoms with Crippen molar-refractivity contribution in [3.05, 3.63) is 85.1 Å². The Hall–Kier alpha value is -2.80. The smallest absolute Gasteiger partial charge is 0.323 e. The Bertz CT molecular complexity index is 1480. The highest BCUT2D eigenvalue weighted by Gasteiger charge is 2.49. The van der Waals surface area contributed by atoms with E-state index < -0.39 is 11.9 Å². The average Bonchev–Trinajstić information content (AvgIpc) is 2.83. The number of ketones is 2. The van der Waals surface area contributed by atoms with Gasteiger partial charge in [0.15, 0.2) is 11.6 Å². The van der Waals surface area contributed by atoms with Crippen molar-refractivity contribution >= 4 is 52.3 Å². The van der Waals surface area contributed by atoms with E-state index in [2.05, 4.69) is 0 Å². The number of allylic oxidation sites excluding steroid dienone is 4. The van der Waals surface area contributed by atoms with E-state index in [-0.39, 0.29) is 35.5 Å². The van der Waals surface area contributed by atoms with Crippen LogP contribution in [0.5, 0.6) is 5.75 Å². The molecular weight excluding hydrogens is 585 g/mol. The van der Waals surface area contributed by atoms with Gasteiger partial charge in [-0.15, -0.1) is 0 Å². The van der Waals surface area contributed by atoms with Crippen LogP contribution < -0.4 is 4.74 Å². The minimum Gasteiger partial charge on any atom is -0.487 e. The standard InChI is InChI=1S/C32H32Cl3NO5/c1-31(2)11-22-29(24(37)13-31)28(30-23(36(22)15-27(39)40)12-32(3,4)14-25(30)38)17-6-8-26(21(35)9-17)41-16-18-5-7-19(33)10-20(18)34/h5-10,28H,11-16H2,1-4H3,(H,39,40). The maximum Gasteiger partial charge on any atom is 0.323 e. The van der Waals surface area contributed by atoms with E-state index in [1.54, 1.807) is 35.2 Å². The summed E-state index contributed by atoms with van der Waals surface area (Å²) in [6.07, 6.45) is 1.67. The number of hydrogen-bond donors (Lipinski definition) is 1. The van der Waals surface area contributed by atoms with Gasteiger partial charge in [-0.3, -0.25) is 14.4 Å². The topological polar surface area (TPSA) is 83.9 Å². The van der Waals surface area contributed by atoms with Crippen molar-refractivity contribution in [3.8, 4) is 5.75 Å². The zero-order valence-corrected chi connectivity index (χ0v) is 25.7. The molecule has 0 spiro atoms. The first-order chi connectivity index (χ1) is 19.2. The summed E-state index contributed by atoms with van der Waals surface area (Å²) in [5, 5.41) is 11.2. The molecule has 2 aliphatic carbocycles. The Morgan fingerprint density at radius 2 is 1.46 bits per heavy atom. The van der Waals surface area contributed by atoms with E-state index in [0.717, 1.165) is 5.56 Å². The highest BCUT2D eigenvalue weighted by atomic mass is 35.5. The van der Waals surface area contributed by atoms with Crippen LogP contribution in [-0.4, -0.2) is 34.1 Å². The van der Waals surface area contributed by atoms with Crippen LogP contribution in [0.15, 0.2) is 58.9 Å². The summed E-state index contributed by atoms with van der Waals surface area (Å²) in [7, 11) is 0. The summed E-state index contributed by atoms with van der Waals surface area (Å²) >= 11 is 19.0. The number of aliphatic carboxylic acids is 1. The molecule has 0 amide bonds. The van der Waals surface area contributed by atoms with Gasteiger partial charge >= 0.3 is 5.97 Å². The lowest BCUT2D eigenvalue weighted by Crippen LogP contribution is -2.45. The van der Waals surface area contributed by atoms with Gasteiger partial charge in [-0.2, -0.15) is 0 Å². The summed E-state index contributed by atoms with van der Waals surface area (Å²) < 4.78 is 5.97. The molecule has 1 aliphatic heterocycles. The van der Waals surface area contributed by atoms with Gasteiger partial charge in [-0.25, -0.2) is 0 Å². The van der Waals surface area contributed by atoms with E-state index in [4.69, 9.17) is 39.5 Å². The maximum atomic E-state index is 13.8. The number of halogens is 3. The van der Waals surface area contributed by atoms with Crippen molar-refractivity contribution < 1.29 is 24.2 Å². The summed E-state index contributed by atoms with van der Waals surface area (Å²) in [5.74, 6) is -1.36. The van der Waals surface area contributed by atoms with Gasteiger partial charge in [0, 0.05) is 56.9 Å². The summed E-state index contributed by atoms with van der Waals surface area (Å²) in [6.45, 7) is 7.92. The molecule has 6 nitrogen and oxygen atoms in total. The van der Waals surface area contributed by atoms with Gasteiger partial charge in [0.25, 0.3) is 0 Å². The molecule has 0 atom stereocenters. The number of hydrogen-bond acceptors (Lipinski definition) is 5. The van der Waals surface area contributed by atoms with Crippen molar-refractivity contribution in [2.24, 2.45) is 10.8 Å². The Kier molecular flexibility index (Phi) is 7.82. The second-order valence-electron chi connectivity index (χ2n) is 12.7. The fourth-order valence-corrected chi connectivity index (χ4v) is 7.02. The van der Waals surface area contributed by atoms with Crippen molar-refractivity contribution in [3.63, 3.8) is 0 Å². The minimum absolute atomic E-state index is 0.0744. The van der Waals surface area contributed by atoms with Gasteiger partial charge in [-0.05, 0) is 53.5 Å². The third kappa shape index (κ3) is 5.93. The van der Waals surface area contributed by atoms with Crippen LogP contribution in [0.2, 0.25) is 15.1 Å². The van der Waals surface area contributed by atoms with Crippen LogP contribution in [0.3, 0.4) is 0 Å². The van der Waals surface area contributed by atoms with E-state index in [0.29, 0.717) is 74.6 Å². The molecule has 216 valence electrons. The molecule has 5 rings (SSSR count). The fraction of sp³-hybridized carbons (Fsp3) is 0.406. The van der Waals surface area contributed by atoms with Crippen LogP contribution in [0.25, 0.3) is 0 Å². The first-order valence-electron chi connectivity index (χ1n) is 13.5. The molecule has 0 bridgehead atoms. The number of carbonyl (C=O) groups is 3. The van der Waals surface area contributed by atoms with E-state index in [9.17, 15) is 19.5 Å². The van der Waals surface area contributed by atoms with Gasteiger partial charge in [-0.1, -0.05) is 74.6 Å². The number of benzene rings is 2. The normalized spacial score (nSPS) is 20.2. The van der Waals surface area contributed by atoms with Crippen LogP contribution >= 0.6 is 34.8 Å². The zero-order valence-electron chi connectivity index (χ0n) is 23.4. The fourth-order valence-electron chi connectivity index (χ4n) is 6.32. The SMILES string of the molecule is CC1(C)CC(=O)C2=C(C1)N(CC(=O)O)C1=C(C(=O)CC(C)(C)C1)C2c1ccc(OCc2ccc(Cl)cc2Cl)c(Cl)c1. The second-order valence-corrected chi connectivity index (χ2v) is 14.0. The Morgan fingerprint density at radius 3 is 1.98 bits per heavy atom. The molecule has 0 fully saturated rings. The van der Waals surface area contributed by atoms with Gasteiger partial charge < -0.3 is 14.7 Å². The number of Topliss-reactive ketones (excluding diaryl/α,β-unsaturated/α-hetero) is 2. The molecular formula is C32H32Cl3NO5. The molecule has 41 heavy (non-hydrogen) atoms. The second kappa shape index (κ2) is 10.8. The number of rotatable bonds is 6. The highest BCUT2D eigenvalue weighted by Crippen LogP contribution is 2.54. The quantitative estimate of drug-likeness (QED) is 0.354. The third-order valence-electron chi connectivity index (χ3n) is 8.00. The molecule has 0 aromatic heterocycles. The molecule has 0 radical (unpaired) electrons.